The monoisotopic (exact) mass is 345 g/mol. The molecular weight excluding hydrogens is 322 g/mol. The van der Waals surface area contributed by atoms with Gasteiger partial charge in [-0.3, -0.25) is 0 Å². The van der Waals surface area contributed by atoms with E-state index in [0.29, 0.717) is 16.6 Å². The van der Waals surface area contributed by atoms with Gasteiger partial charge >= 0.3 is 0 Å². The largest absolute Gasteiger partial charge is 0.493 e. The number of nitrogens with zero attached hydrogens (tertiary/aromatic N) is 1. The smallest absolute Gasteiger partial charge is 0.172 e. The lowest BCUT2D eigenvalue weighted by atomic mass is 10.0. The summed E-state index contributed by atoms with van der Waals surface area (Å²) in [4.78, 5) is 4.30. The maximum absolute atomic E-state index is 5.43. The second kappa shape index (κ2) is 8.49. The predicted octanol–water partition coefficient (Wildman–Crippen LogP) is 3.84. The van der Waals surface area contributed by atoms with Crippen LogP contribution >= 0.6 is 12.2 Å². The Balaban J connectivity index is 2.11. The molecule has 128 valence electrons. The number of pyridine rings is 1. The highest BCUT2D eigenvalue weighted by Crippen LogP contribution is 2.30. The van der Waals surface area contributed by atoms with Gasteiger partial charge in [0.1, 0.15) is 5.82 Å². The van der Waals surface area contributed by atoms with E-state index < -0.39 is 0 Å². The van der Waals surface area contributed by atoms with Gasteiger partial charge < -0.3 is 20.1 Å². The standard InChI is InChI=1S/C18H23N3O2S/c1-5-14(13-8-9-15(22-3)16(11-13)23-4)20-18(24)21-17-12(2)7-6-10-19-17/h6-11,14H,5H2,1-4H3,(H2,19,20,21,24)/t14-/m0/s1. The zero-order valence-electron chi connectivity index (χ0n) is 14.4. The molecule has 0 unspecified atom stereocenters. The van der Waals surface area contributed by atoms with Crippen LogP contribution < -0.4 is 20.1 Å². The minimum atomic E-state index is 0.0637. The van der Waals surface area contributed by atoms with Crippen LogP contribution in [0.15, 0.2) is 36.5 Å². The van der Waals surface area contributed by atoms with Crippen molar-refractivity contribution in [3.63, 3.8) is 0 Å². The molecule has 2 aromatic rings. The van der Waals surface area contributed by atoms with Crippen molar-refractivity contribution in [3.05, 3.63) is 47.7 Å². The van der Waals surface area contributed by atoms with Crippen LogP contribution in [0.3, 0.4) is 0 Å². The van der Waals surface area contributed by atoms with E-state index in [0.717, 1.165) is 23.4 Å². The summed E-state index contributed by atoms with van der Waals surface area (Å²) >= 11 is 5.43. The summed E-state index contributed by atoms with van der Waals surface area (Å²) in [5.41, 5.74) is 2.12. The van der Waals surface area contributed by atoms with Crippen molar-refractivity contribution < 1.29 is 9.47 Å². The average molecular weight is 345 g/mol. The molecule has 0 amide bonds. The first-order chi connectivity index (χ1) is 11.6. The summed E-state index contributed by atoms with van der Waals surface area (Å²) in [6, 6.07) is 9.83. The van der Waals surface area contributed by atoms with Crippen molar-refractivity contribution in [2.24, 2.45) is 0 Å². The lowest BCUT2D eigenvalue weighted by molar-refractivity contribution is 0.354. The van der Waals surface area contributed by atoms with Gasteiger partial charge in [-0.25, -0.2) is 4.98 Å². The molecule has 2 N–H and O–H groups in total. The number of benzene rings is 1. The van der Waals surface area contributed by atoms with Gasteiger partial charge in [0.25, 0.3) is 0 Å². The Morgan fingerprint density at radius 2 is 1.96 bits per heavy atom. The van der Waals surface area contributed by atoms with Crippen LogP contribution in [0.25, 0.3) is 0 Å². The fourth-order valence-electron chi connectivity index (χ4n) is 2.41. The predicted molar refractivity (Wildman–Crippen MR) is 101 cm³/mol. The van der Waals surface area contributed by atoms with Crippen molar-refractivity contribution in [2.75, 3.05) is 19.5 Å². The van der Waals surface area contributed by atoms with Crippen LogP contribution in [-0.4, -0.2) is 24.3 Å². The average Bonchev–Trinajstić information content (AvgIpc) is 2.61. The fraction of sp³-hybridized carbons (Fsp3) is 0.333. The molecule has 1 atom stereocenters. The summed E-state index contributed by atoms with van der Waals surface area (Å²) in [6.45, 7) is 4.09. The molecule has 0 aliphatic heterocycles. The molecule has 0 spiro atoms. The van der Waals surface area contributed by atoms with Gasteiger partial charge in [0.15, 0.2) is 16.6 Å². The van der Waals surface area contributed by atoms with E-state index in [1.807, 2.05) is 37.3 Å². The Morgan fingerprint density at radius 1 is 1.21 bits per heavy atom. The first kappa shape index (κ1) is 18.0. The number of aromatic nitrogens is 1. The summed E-state index contributed by atoms with van der Waals surface area (Å²) in [7, 11) is 3.26. The Labute approximate surface area is 148 Å². The van der Waals surface area contributed by atoms with Gasteiger partial charge in [-0.2, -0.15) is 0 Å². The van der Waals surface area contributed by atoms with Crippen molar-refractivity contribution in [3.8, 4) is 11.5 Å². The van der Waals surface area contributed by atoms with Crippen LogP contribution in [0, 0.1) is 6.92 Å². The second-order valence-electron chi connectivity index (χ2n) is 5.34. The number of rotatable bonds is 6. The molecular formula is C18H23N3O2S. The van der Waals surface area contributed by atoms with Crippen molar-refractivity contribution in [2.45, 2.75) is 26.3 Å². The van der Waals surface area contributed by atoms with Crippen LogP contribution in [-0.2, 0) is 0 Å². The molecule has 24 heavy (non-hydrogen) atoms. The number of ether oxygens (including phenoxy) is 2. The molecule has 2 rings (SSSR count). The third-order valence-electron chi connectivity index (χ3n) is 3.76. The zero-order chi connectivity index (χ0) is 17.5. The fourth-order valence-corrected chi connectivity index (χ4v) is 2.65. The van der Waals surface area contributed by atoms with E-state index in [1.165, 1.54) is 0 Å². The molecule has 1 heterocycles. The molecule has 0 saturated heterocycles. The summed E-state index contributed by atoms with van der Waals surface area (Å²) in [6.07, 6.45) is 2.61. The number of thiocarbonyl (C=S) groups is 1. The number of aryl methyl sites for hydroxylation is 1. The Hall–Kier alpha value is -2.34. The molecule has 1 aromatic carbocycles. The van der Waals surface area contributed by atoms with Crippen LogP contribution in [0.2, 0.25) is 0 Å². The first-order valence-electron chi connectivity index (χ1n) is 7.80. The van der Waals surface area contributed by atoms with E-state index >= 15 is 0 Å². The highest BCUT2D eigenvalue weighted by Gasteiger charge is 2.14. The topological polar surface area (TPSA) is 55.4 Å². The third-order valence-corrected chi connectivity index (χ3v) is 3.98. The Morgan fingerprint density at radius 3 is 2.58 bits per heavy atom. The first-order valence-corrected chi connectivity index (χ1v) is 8.21. The van der Waals surface area contributed by atoms with Gasteiger partial charge in [0, 0.05) is 6.20 Å². The molecule has 6 heteroatoms. The molecule has 5 nitrogen and oxygen atoms in total. The second-order valence-corrected chi connectivity index (χ2v) is 5.75. The summed E-state index contributed by atoms with van der Waals surface area (Å²) in [5, 5.41) is 7.02. The molecule has 0 aliphatic carbocycles. The van der Waals surface area contributed by atoms with Crippen molar-refractivity contribution in [1.29, 1.82) is 0 Å². The lowest BCUT2D eigenvalue weighted by Gasteiger charge is -2.21. The third kappa shape index (κ3) is 4.35. The van der Waals surface area contributed by atoms with E-state index in [4.69, 9.17) is 21.7 Å². The Kier molecular flexibility index (Phi) is 6.37. The minimum absolute atomic E-state index is 0.0637. The number of methoxy groups -OCH3 is 2. The van der Waals surface area contributed by atoms with E-state index in [-0.39, 0.29) is 6.04 Å². The van der Waals surface area contributed by atoms with Gasteiger partial charge in [-0.15, -0.1) is 0 Å². The summed E-state index contributed by atoms with van der Waals surface area (Å²) < 4.78 is 10.7. The zero-order valence-corrected chi connectivity index (χ0v) is 15.2. The highest BCUT2D eigenvalue weighted by molar-refractivity contribution is 7.80. The van der Waals surface area contributed by atoms with Crippen molar-refractivity contribution >= 4 is 23.1 Å². The van der Waals surface area contributed by atoms with Gasteiger partial charge in [0.2, 0.25) is 0 Å². The number of anilines is 1. The lowest BCUT2D eigenvalue weighted by Crippen LogP contribution is -2.32. The molecule has 1 aromatic heterocycles. The van der Waals surface area contributed by atoms with E-state index in [1.54, 1.807) is 20.4 Å². The molecule has 0 bridgehead atoms. The highest BCUT2D eigenvalue weighted by atomic mass is 32.1. The Bertz CT molecular complexity index is 706. The number of hydrogen-bond donors (Lipinski definition) is 2. The quantitative estimate of drug-likeness (QED) is 0.776. The number of hydrogen-bond acceptors (Lipinski definition) is 4. The van der Waals surface area contributed by atoms with E-state index in [9.17, 15) is 0 Å². The molecule has 0 fully saturated rings. The maximum atomic E-state index is 5.43. The molecule has 0 saturated carbocycles. The van der Waals surface area contributed by atoms with Crippen molar-refractivity contribution in [1.82, 2.24) is 10.3 Å². The SMILES string of the molecule is CC[C@H](NC(=S)Nc1ncccc1C)c1ccc(OC)c(OC)c1. The normalized spacial score (nSPS) is 11.5. The molecule has 0 radical (unpaired) electrons. The summed E-state index contributed by atoms with van der Waals surface area (Å²) in [5.74, 6) is 2.17. The minimum Gasteiger partial charge on any atom is -0.493 e. The van der Waals surface area contributed by atoms with Gasteiger partial charge in [-0.1, -0.05) is 19.1 Å². The van der Waals surface area contributed by atoms with Gasteiger partial charge in [-0.05, 0) is 54.9 Å². The van der Waals surface area contributed by atoms with Crippen LogP contribution in [0.5, 0.6) is 11.5 Å². The van der Waals surface area contributed by atoms with Crippen LogP contribution in [0.1, 0.15) is 30.5 Å². The number of nitrogens with one attached hydrogen (secondary N) is 2. The van der Waals surface area contributed by atoms with E-state index in [2.05, 4.69) is 22.5 Å². The van der Waals surface area contributed by atoms with Gasteiger partial charge in [0.05, 0.1) is 20.3 Å². The van der Waals surface area contributed by atoms with Crippen LogP contribution in [0.4, 0.5) is 5.82 Å². The maximum Gasteiger partial charge on any atom is 0.172 e. The molecule has 0 aliphatic rings.